The van der Waals surface area contributed by atoms with E-state index in [2.05, 4.69) is 13.8 Å². The van der Waals surface area contributed by atoms with Crippen molar-refractivity contribution >= 4 is 29.8 Å². The van der Waals surface area contributed by atoms with Crippen LogP contribution in [-0.4, -0.2) is 225 Å². The molecule has 25 nitrogen and oxygen atoms in total. The van der Waals surface area contributed by atoms with Gasteiger partial charge in [0.25, 0.3) is 0 Å². The molecule has 1 aromatic rings. The van der Waals surface area contributed by atoms with Crippen molar-refractivity contribution in [1.29, 1.82) is 0 Å². The van der Waals surface area contributed by atoms with Gasteiger partial charge in [-0.05, 0) is 71.4 Å². The lowest BCUT2D eigenvalue weighted by Gasteiger charge is -2.51. The van der Waals surface area contributed by atoms with Crippen LogP contribution in [0.15, 0.2) is 36.4 Å². The largest absolute Gasteiger partial charge is 0.459 e. The number of aliphatic hydroxyl groups excluding tert-OH is 8. The van der Waals surface area contributed by atoms with E-state index in [1.165, 1.54) is 19.9 Å². The van der Waals surface area contributed by atoms with Crippen LogP contribution >= 0.6 is 0 Å². The molecule has 97 heavy (non-hydrogen) atoms. The predicted molar refractivity (Wildman–Crippen MR) is 350 cm³/mol. The number of esters is 3. The number of allylic oxidation sites excluding steroid dienone is 1. The highest BCUT2D eigenvalue weighted by Gasteiger charge is 2.59. The second-order valence-electron chi connectivity index (χ2n) is 27.4. The Labute approximate surface area is 572 Å². The quantitative estimate of drug-likeness (QED) is 0.0173. The lowest BCUT2D eigenvalue weighted by molar-refractivity contribution is -0.399. The van der Waals surface area contributed by atoms with Gasteiger partial charge in [-0.2, -0.15) is 0 Å². The fourth-order valence-corrected chi connectivity index (χ4v) is 13.7. The molecule has 0 spiro atoms. The van der Waals surface area contributed by atoms with Crippen LogP contribution in [0.25, 0.3) is 6.08 Å². The van der Waals surface area contributed by atoms with Gasteiger partial charge in [-0.3, -0.25) is 19.2 Å². The van der Waals surface area contributed by atoms with E-state index in [0.29, 0.717) is 38.5 Å². The summed E-state index contributed by atoms with van der Waals surface area (Å²) in [4.78, 5) is 55.9. The minimum absolute atomic E-state index is 0.00947. The standard InChI is InChI=1S/C72H116O25/c1-8-11-14-15-17-21-30-37-53(77)93-67-66(97-68-58(82)56(80)55(79)50(41-73)90-68)62(95-69-60(84)63(91-51(75)35-25-13-10-3)49(42(4)85-69)40-47(74)39-38-46-31-26-23-27-32-46)45(7)88-72(67)94-61-44(6)87-71-65(59(61)83)92-52(76)36-29-22-19-16-18-20-28-34-48(33-24-12-9-2)89-70-64(96-71)57(81)54(78)43(5)86-70/h23,26-27,31-32,38-39,42-45,48-50,54-73,78-84H,8-22,24-25,28-30,33-37,40-41H2,1-7H3/b39-38+/t42-,43+,44-,45-,48-,49-,50+,54-,55+,56-,57-,58+,59+,60+,61-,62-,63+,64+,65+,66+,67+,68-,69-,70-,71-,72-/m0/s1. The van der Waals surface area contributed by atoms with Gasteiger partial charge in [-0.1, -0.05) is 166 Å². The number of hydrogen-bond donors (Lipinski definition) is 8. The fraction of sp³-hybridized carbons (Fsp3) is 0.833. The third-order valence-electron chi connectivity index (χ3n) is 19.6. The van der Waals surface area contributed by atoms with Crippen molar-refractivity contribution in [2.24, 2.45) is 5.92 Å². The first-order chi connectivity index (χ1) is 46.7. The molecular formula is C72H116O25. The van der Waals surface area contributed by atoms with E-state index in [9.17, 15) is 60.0 Å². The zero-order valence-electron chi connectivity index (χ0n) is 58.2. The molecular weight excluding hydrogens is 1260 g/mol. The molecule has 1 aromatic carbocycles. The van der Waals surface area contributed by atoms with E-state index in [4.69, 9.17) is 61.6 Å². The average molecular weight is 1380 g/mol. The number of carbonyl (C=O) groups is 4. The molecule has 0 aromatic heterocycles. The van der Waals surface area contributed by atoms with Crippen molar-refractivity contribution in [3.05, 3.63) is 42.0 Å². The molecule has 0 bridgehead atoms. The first-order valence-corrected chi connectivity index (χ1v) is 36.4. The summed E-state index contributed by atoms with van der Waals surface area (Å²) < 4.78 is 83.9. The summed E-state index contributed by atoms with van der Waals surface area (Å²) in [6.07, 6.45) is -17.6. The first kappa shape index (κ1) is 80.6. The maximum atomic E-state index is 14.5. The molecule has 6 saturated heterocycles. The molecule has 8 N–H and O–H groups in total. The molecule has 6 aliphatic rings. The first-order valence-electron chi connectivity index (χ1n) is 36.4. The lowest BCUT2D eigenvalue weighted by atomic mass is 9.85. The number of rotatable bonds is 29. The minimum atomic E-state index is -2.03. The summed E-state index contributed by atoms with van der Waals surface area (Å²) in [5.74, 6) is -3.40. The number of benzene rings is 1. The predicted octanol–water partition coefficient (Wildman–Crippen LogP) is 6.99. The van der Waals surface area contributed by atoms with Gasteiger partial charge in [-0.15, -0.1) is 0 Å². The van der Waals surface area contributed by atoms with Gasteiger partial charge in [0.1, 0.15) is 79.4 Å². The summed E-state index contributed by atoms with van der Waals surface area (Å²) in [6, 6.07) is 9.16. The SMILES string of the molecule is CCCCCCCCCC(=O)O[C@H]1[C@H](O[C@@H]2[C@@H](O)[C@H]3OC(=O)CCCCCCCCC[C@H](CCCCC)O[C@@H]4O[C@H](C)[C@H](O)[C@H](O)[C@H]4O[C@@H]3O[C@H]2C)O[C@@H](C)[C@H](O[C@@H]2O[C@@H](C)[C@H](CC(=O)/C=C/c3ccccc3)[C@@H](OC(=O)CCCCC)[C@H]2O)[C@H]1O[C@@H]1O[C@H](CO)[C@@H](O)[C@H](O)[C@H]1O. The Morgan fingerprint density at radius 2 is 1.05 bits per heavy atom. The zero-order chi connectivity index (χ0) is 70.1. The second kappa shape index (κ2) is 41.4. The van der Waals surface area contributed by atoms with E-state index in [1.54, 1.807) is 19.9 Å². The molecule has 6 fully saturated rings. The Morgan fingerprint density at radius 1 is 0.495 bits per heavy atom. The van der Waals surface area contributed by atoms with E-state index >= 15 is 0 Å². The van der Waals surface area contributed by atoms with Crippen LogP contribution in [0, 0.1) is 5.92 Å². The van der Waals surface area contributed by atoms with Crippen molar-refractivity contribution in [3.63, 3.8) is 0 Å². The van der Waals surface area contributed by atoms with Crippen molar-refractivity contribution < 1.29 is 122 Å². The average Bonchev–Trinajstić information content (AvgIpc) is 0.766. The maximum Gasteiger partial charge on any atom is 0.306 e. The highest BCUT2D eigenvalue weighted by atomic mass is 16.8. The summed E-state index contributed by atoms with van der Waals surface area (Å²) in [6.45, 7) is 11.6. The molecule has 0 radical (unpaired) electrons. The van der Waals surface area contributed by atoms with Crippen LogP contribution in [0.1, 0.15) is 221 Å². The molecule has 0 amide bonds. The third kappa shape index (κ3) is 23.7. The van der Waals surface area contributed by atoms with Gasteiger partial charge >= 0.3 is 17.9 Å². The molecule has 25 heteroatoms. The maximum absolute atomic E-state index is 14.5. The number of ether oxygens (including phenoxy) is 13. The molecule has 0 unspecified atom stereocenters. The highest BCUT2D eigenvalue weighted by Crippen LogP contribution is 2.41. The summed E-state index contributed by atoms with van der Waals surface area (Å²) >= 11 is 0. The Hall–Kier alpha value is -3.68. The number of carbonyl (C=O) groups excluding carboxylic acids is 4. The van der Waals surface area contributed by atoms with E-state index in [1.807, 2.05) is 37.3 Å². The summed E-state index contributed by atoms with van der Waals surface area (Å²) in [7, 11) is 0. The molecule has 6 aliphatic heterocycles. The van der Waals surface area contributed by atoms with Crippen LogP contribution in [-0.2, 0) is 80.8 Å². The molecule has 0 aliphatic carbocycles. The van der Waals surface area contributed by atoms with Gasteiger partial charge < -0.3 is 102 Å². The number of unbranched alkanes of at least 4 members (excludes halogenated alkanes) is 10. The monoisotopic (exact) mass is 1380 g/mol. The Bertz CT molecular complexity index is 2470. The number of aliphatic hydroxyl groups is 8. The number of fused-ring (bicyclic) bond motifs is 2. The number of ketones is 1. The van der Waals surface area contributed by atoms with E-state index in [-0.39, 0.29) is 37.6 Å². The molecule has 0 saturated carbocycles. The van der Waals surface area contributed by atoms with Gasteiger partial charge in [0, 0.05) is 31.6 Å². The van der Waals surface area contributed by atoms with Crippen LogP contribution < -0.4 is 0 Å². The van der Waals surface area contributed by atoms with E-state index in [0.717, 1.165) is 108 Å². The van der Waals surface area contributed by atoms with Gasteiger partial charge in [0.2, 0.25) is 0 Å². The summed E-state index contributed by atoms with van der Waals surface area (Å²) in [5, 5.41) is 92.6. The van der Waals surface area contributed by atoms with E-state index < -0.39 is 178 Å². The third-order valence-corrected chi connectivity index (χ3v) is 19.6. The molecule has 554 valence electrons. The van der Waals surface area contributed by atoms with Gasteiger partial charge in [0.05, 0.1) is 37.1 Å². The van der Waals surface area contributed by atoms with Crippen molar-refractivity contribution in [2.75, 3.05) is 6.61 Å². The zero-order valence-corrected chi connectivity index (χ0v) is 58.2. The molecule has 7 rings (SSSR count). The van der Waals surface area contributed by atoms with Gasteiger partial charge in [0.15, 0.2) is 49.4 Å². The summed E-state index contributed by atoms with van der Waals surface area (Å²) in [5.41, 5.74) is 0.767. The van der Waals surface area contributed by atoms with Crippen molar-refractivity contribution in [2.45, 2.75) is 369 Å². The normalized spacial score (nSPS) is 38.2. The Balaban J connectivity index is 1.25. The lowest BCUT2D eigenvalue weighted by Crippen LogP contribution is -2.68. The van der Waals surface area contributed by atoms with Crippen LogP contribution in [0.4, 0.5) is 0 Å². The molecule has 26 atom stereocenters. The van der Waals surface area contributed by atoms with Crippen molar-refractivity contribution in [3.8, 4) is 0 Å². The smallest absolute Gasteiger partial charge is 0.306 e. The minimum Gasteiger partial charge on any atom is -0.459 e. The Morgan fingerprint density at radius 3 is 1.74 bits per heavy atom. The second-order valence-corrected chi connectivity index (χ2v) is 27.4. The van der Waals surface area contributed by atoms with Crippen LogP contribution in [0.2, 0.25) is 0 Å². The van der Waals surface area contributed by atoms with Crippen LogP contribution in [0.5, 0.6) is 0 Å². The topological polar surface area (TPSA) is 350 Å². The molecule has 6 heterocycles. The fourth-order valence-electron chi connectivity index (χ4n) is 13.7. The highest BCUT2D eigenvalue weighted by molar-refractivity contribution is 5.93. The van der Waals surface area contributed by atoms with Crippen molar-refractivity contribution in [1.82, 2.24) is 0 Å². The van der Waals surface area contributed by atoms with Gasteiger partial charge in [-0.25, -0.2) is 0 Å². The van der Waals surface area contributed by atoms with Crippen LogP contribution in [0.3, 0.4) is 0 Å². The Kier molecular flexibility index (Phi) is 34.4. The number of hydrogen-bond acceptors (Lipinski definition) is 25.